The summed E-state index contributed by atoms with van der Waals surface area (Å²) < 4.78 is 23.3. The predicted molar refractivity (Wildman–Crippen MR) is 70.8 cm³/mol. The zero-order valence-electron chi connectivity index (χ0n) is 10.9. The lowest BCUT2D eigenvalue weighted by atomic mass is 10.1. The highest BCUT2D eigenvalue weighted by Crippen LogP contribution is 2.31. The monoisotopic (exact) mass is 305 g/mol. The molecular weight excluding hydrogens is 290 g/mol. The average Bonchev–Trinajstić information content (AvgIpc) is 2.81. The van der Waals surface area contributed by atoms with Crippen molar-refractivity contribution in [2.45, 2.75) is 44.0 Å². The molecule has 1 fully saturated rings. The molecule has 6 nitrogen and oxygen atoms in total. The van der Waals surface area contributed by atoms with Crippen LogP contribution in [0.5, 0.6) is 0 Å². The van der Waals surface area contributed by atoms with Crippen molar-refractivity contribution >= 4 is 25.6 Å². The molecule has 0 aromatic carbocycles. The third-order valence-electron chi connectivity index (χ3n) is 3.21. The number of nitrogens with one attached hydrogen (secondary N) is 2. The highest BCUT2D eigenvalue weighted by Gasteiger charge is 2.37. The van der Waals surface area contributed by atoms with E-state index in [0.29, 0.717) is 11.6 Å². The minimum atomic E-state index is -4.02. The van der Waals surface area contributed by atoms with E-state index < -0.39 is 15.0 Å². The zero-order valence-corrected chi connectivity index (χ0v) is 12.5. The number of H-pyrrole nitrogens is 1. The normalized spacial score (nSPS) is 22.6. The summed E-state index contributed by atoms with van der Waals surface area (Å²) in [5.74, 6) is -0.210. The zero-order chi connectivity index (χ0) is 14.4. The van der Waals surface area contributed by atoms with Crippen LogP contribution < -0.4 is 5.32 Å². The Kier molecular flexibility index (Phi) is 3.61. The number of hydrogen-bond donors (Lipinski definition) is 2. The summed E-state index contributed by atoms with van der Waals surface area (Å²) in [5, 5.41) is 9.14. The van der Waals surface area contributed by atoms with Gasteiger partial charge in [-0.1, -0.05) is 20.8 Å². The third kappa shape index (κ3) is 2.92. The topological polar surface area (TPSA) is 91.9 Å². The van der Waals surface area contributed by atoms with Crippen molar-refractivity contribution in [3.05, 3.63) is 11.4 Å². The first-order valence-corrected chi connectivity index (χ1v) is 8.36. The van der Waals surface area contributed by atoms with Gasteiger partial charge >= 0.3 is 0 Å². The van der Waals surface area contributed by atoms with E-state index in [1.165, 1.54) is 0 Å². The molecule has 2 atom stereocenters. The fourth-order valence-corrected chi connectivity index (χ4v) is 3.28. The van der Waals surface area contributed by atoms with Crippen LogP contribution in [0.1, 0.15) is 49.3 Å². The van der Waals surface area contributed by atoms with Crippen molar-refractivity contribution in [3.8, 4) is 0 Å². The molecule has 1 saturated carbocycles. The maximum atomic E-state index is 12.0. The number of aromatic amines is 1. The fraction of sp³-hybridized carbons (Fsp3) is 0.636. The van der Waals surface area contributed by atoms with E-state index in [2.05, 4.69) is 15.5 Å². The van der Waals surface area contributed by atoms with E-state index in [9.17, 15) is 13.2 Å². The van der Waals surface area contributed by atoms with Gasteiger partial charge in [0.2, 0.25) is 0 Å². The molecule has 0 radical (unpaired) electrons. The molecule has 19 heavy (non-hydrogen) atoms. The quantitative estimate of drug-likeness (QED) is 0.826. The maximum absolute atomic E-state index is 12.0. The Morgan fingerprint density at radius 1 is 1.53 bits per heavy atom. The van der Waals surface area contributed by atoms with Gasteiger partial charge in [0, 0.05) is 16.7 Å². The van der Waals surface area contributed by atoms with Crippen LogP contribution >= 0.6 is 10.7 Å². The molecule has 1 aromatic heterocycles. The molecule has 0 saturated heterocycles. The standard InChI is InChI=1S/C11H16ClN3O3S/c1-5(2)8-10(19(12,17)18)9(15-14-8)11(16)13-7-4-6(7)3/h5-7H,4H2,1-3H3,(H,13,16)(H,14,15). The first-order valence-electron chi connectivity index (χ1n) is 6.05. The number of carbonyl (C=O) groups excluding carboxylic acids is 1. The lowest BCUT2D eigenvalue weighted by Gasteiger charge is -2.05. The molecule has 0 aliphatic heterocycles. The summed E-state index contributed by atoms with van der Waals surface area (Å²) in [5.41, 5.74) is 0.196. The molecular formula is C11H16ClN3O3S. The van der Waals surface area contributed by atoms with Gasteiger partial charge < -0.3 is 5.32 Å². The fourth-order valence-electron chi connectivity index (χ4n) is 1.90. The van der Waals surface area contributed by atoms with Gasteiger partial charge in [-0.05, 0) is 18.3 Å². The van der Waals surface area contributed by atoms with Gasteiger partial charge in [-0.3, -0.25) is 9.89 Å². The van der Waals surface area contributed by atoms with E-state index in [1.54, 1.807) is 13.8 Å². The number of nitrogens with zero attached hydrogens (tertiary/aromatic N) is 1. The van der Waals surface area contributed by atoms with Crippen molar-refractivity contribution in [2.75, 3.05) is 0 Å². The van der Waals surface area contributed by atoms with Crippen LogP contribution in [-0.2, 0) is 9.05 Å². The van der Waals surface area contributed by atoms with Crippen molar-refractivity contribution in [2.24, 2.45) is 5.92 Å². The number of hydrogen-bond acceptors (Lipinski definition) is 4. The van der Waals surface area contributed by atoms with Gasteiger partial charge in [0.15, 0.2) is 5.69 Å². The van der Waals surface area contributed by atoms with Crippen LogP contribution in [0.15, 0.2) is 4.90 Å². The molecule has 106 valence electrons. The lowest BCUT2D eigenvalue weighted by Crippen LogP contribution is -2.28. The second kappa shape index (κ2) is 4.79. The Hall–Kier alpha value is -1.08. The Labute approximate surface area is 116 Å². The molecule has 1 amide bonds. The second-order valence-corrected chi connectivity index (χ2v) is 7.70. The summed E-state index contributed by atoms with van der Waals surface area (Å²) in [6.07, 6.45) is 0.899. The Morgan fingerprint density at radius 3 is 2.53 bits per heavy atom. The van der Waals surface area contributed by atoms with Crippen molar-refractivity contribution in [1.82, 2.24) is 15.5 Å². The molecule has 2 rings (SSSR count). The number of aromatic nitrogens is 2. The first-order chi connectivity index (χ1) is 8.71. The number of halogens is 1. The highest BCUT2D eigenvalue weighted by molar-refractivity contribution is 8.13. The van der Waals surface area contributed by atoms with Gasteiger partial charge in [-0.15, -0.1) is 0 Å². The van der Waals surface area contributed by atoms with Gasteiger partial charge in [0.05, 0.1) is 5.69 Å². The van der Waals surface area contributed by atoms with E-state index in [0.717, 1.165) is 6.42 Å². The predicted octanol–water partition coefficient (Wildman–Crippen LogP) is 1.60. The molecule has 2 unspecified atom stereocenters. The van der Waals surface area contributed by atoms with Crippen LogP contribution in [-0.4, -0.2) is 30.6 Å². The molecule has 0 spiro atoms. The van der Waals surface area contributed by atoms with Crippen LogP contribution in [0.3, 0.4) is 0 Å². The Morgan fingerprint density at radius 2 is 2.11 bits per heavy atom. The van der Waals surface area contributed by atoms with E-state index in [-0.39, 0.29) is 22.5 Å². The van der Waals surface area contributed by atoms with Crippen LogP contribution in [0.2, 0.25) is 0 Å². The van der Waals surface area contributed by atoms with Crippen molar-refractivity contribution in [1.29, 1.82) is 0 Å². The smallest absolute Gasteiger partial charge is 0.273 e. The van der Waals surface area contributed by atoms with E-state index in [4.69, 9.17) is 10.7 Å². The number of carbonyl (C=O) groups is 1. The van der Waals surface area contributed by atoms with E-state index in [1.807, 2.05) is 6.92 Å². The van der Waals surface area contributed by atoms with Crippen LogP contribution in [0.4, 0.5) is 0 Å². The second-order valence-electron chi connectivity index (χ2n) is 5.20. The van der Waals surface area contributed by atoms with E-state index >= 15 is 0 Å². The molecule has 2 N–H and O–H groups in total. The van der Waals surface area contributed by atoms with Crippen molar-refractivity contribution in [3.63, 3.8) is 0 Å². The SMILES string of the molecule is CC(C)c1[nH]nc(C(=O)NC2CC2C)c1S(=O)(=O)Cl. The summed E-state index contributed by atoms with van der Waals surface area (Å²) in [7, 11) is 1.39. The number of rotatable bonds is 4. The summed E-state index contributed by atoms with van der Waals surface area (Å²) in [6.45, 7) is 5.60. The molecule has 1 aliphatic carbocycles. The largest absolute Gasteiger partial charge is 0.348 e. The Balaban J connectivity index is 2.37. The average molecular weight is 306 g/mol. The third-order valence-corrected chi connectivity index (χ3v) is 4.57. The van der Waals surface area contributed by atoms with Crippen molar-refractivity contribution < 1.29 is 13.2 Å². The minimum absolute atomic E-state index is 0.0950. The van der Waals surface area contributed by atoms with Gasteiger partial charge in [0.25, 0.3) is 15.0 Å². The maximum Gasteiger partial charge on any atom is 0.273 e. The molecule has 1 heterocycles. The van der Waals surface area contributed by atoms with Gasteiger partial charge in [-0.25, -0.2) is 8.42 Å². The summed E-state index contributed by atoms with van der Waals surface area (Å²) in [6, 6.07) is 0.0950. The minimum Gasteiger partial charge on any atom is -0.348 e. The van der Waals surface area contributed by atoms with Crippen LogP contribution in [0.25, 0.3) is 0 Å². The van der Waals surface area contributed by atoms with Gasteiger partial charge in [-0.2, -0.15) is 5.10 Å². The summed E-state index contributed by atoms with van der Waals surface area (Å²) in [4.78, 5) is 11.8. The number of amides is 1. The molecule has 1 aliphatic rings. The molecule has 1 aromatic rings. The Bertz CT molecular complexity index is 609. The molecule has 8 heteroatoms. The summed E-state index contributed by atoms with van der Waals surface area (Å²) >= 11 is 0. The lowest BCUT2D eigenvalue weighted by molar-refractivity contribution is 0.0941. The highest BCUT2D eigenvalue weighted by atomic mass is 35.7. The van der Waals surface area contributed by atoms with Crippen LogP contribution in [0, 0.1) is 5.92 Å². The van der Waals surface area contributed by atoms with Gasteiger partial charge in [0.1, 0.15) is 4.90 Å². The molecule has 0 bridgehead atoms. The first kappa shape index (κ1) is 14.3.